The number of hydrogen-bond donors (Lipinski definition) is 2. The molecular formula is C18H22FN3O4. The maximum absolute atomic E-state index is 14.6. The Bertz CT molecular complexity index is 724. The molecule has 7 nitrogen and oxygen atoms in total. The van der Waals surface area contributed by atoms with E-state index >= 15 is 0 Å². The Labute approximate surface area is 150 Å². The molecule has 1 aromatic carbocycles. The van der Waals surface area contributed by atoms with Crippen molar-refractivity contribution in [2.75, 3.05) is 24.5 Å². The molecule has 2 aliphatic rings. The summed E-state index contributed by atoms with van der Waals surface area (Å²) in [6.07, 6.45) is 0.275. The molecule has 0 radical (unpaired) electrons. The highest BCUT2D eigenvalue weighted by molar-refractivity contribution is 5.90. The molecule has 0 spiro atoms. The minimum Gasteiger partial charge on any atom is -0.442 e. The number of carbonyl (C=O) groups excluding carboxylic acids is 3. The van der Waals surface area contributed by atoms with E-state index in [0.717, 1.165) is 0 Å². The Morgan fingerprint density at radius 3 is 2.92 bits per heavy atom. The van der Waals surface area contributed by atoms with Crippen molar-refractivity contribution in [3.8, 4) is 0 Å². The summed E-state index contributed by atoms with van der Waals surface area (Å²) in [5, 5.41) is 5.41. The molecule has 140 valence electrons. The molecule has 2 heterocycles. The van der Waals surface area contributed by atoms with Crippen LogP contribution in [0.2, 0.25) is 0 Å². The fraction of sp³-hybridized carbons (Fsp3) is 0.500. The molecule has 2 atom stereocenters. The lowest BCUT2D eigenvalue weighted by molar-refractivity contribution is -0.123. The number of rotatable bonds is 5. The van der Waals surface area contributed by atoms with Gasteiger partial charge in [-0.3, -0.25) is 14.5 Å². The number of nitrogens with zero attached hydrogens (tertiary/aromatic N) is 1. The van der Waals surface area contributed by atoms with Crippen molar-refractivity contribution in [2.24, 2.45) is 0 Å². The molecule has 0 aliphatic carbocycles. The first-order valence-electron chi connectivity index (χ1n) is 8.79. The lowest BCUT2D eigenvalue weighted by Gasteiger charge is -2.23. The second-order valence-corrected chi connectivity index (χ2v) is 6.52. The molecule has 26 heavy (non-hydrogen) atoms. The standard InChI is InChI=1S/C18H22FN3O4/c1-2-16(23)21-9-13-10-22(18(25)26-13)12-3-4-14(15(19)8-12)11-5-6-20-17(24)7-11/h3-4,8,11,13H,2,5-7,9-10H2,1H3,(H,20,24)(H,21,23). The number of piperidine rings is 1. The average Bonchev–Trinajstić information content (AvgIpc) is 3.00. The van der Waals surface area contributed by atoms with Crippen LogP contribution in [0.3, 0.4) is 0 Å². The molecule has 2 N–H and O–H groups in total. The zero-order chi connectivity index (χ0) is 18.7. The van der Waals surface area contributed by atoms with E-state index in [0.29, 0.717) is 30.6 Å². The van der Waals surface area contributed by atoms with Crippen molar-refractivity contribution < 1.29 is 23.5 Å². The van der Waals surface area contributed by atoms with E-state index in [4.69, 9.17) is 4.74 Å². The first-order valence-corrected chi connectivity index (χ1v) is 8.79. The minimum absolute atomic E-state index is 0.0789. The number of cyclic esters (lactones) is 1. The molecule has 2 fully saturated rings. The Morgan fingerprint density at radius 2 is 2.23 bits per heavy atom. The zero-order valence-electron chi connectivity index (χ0n) is 14.6. The SMILES string of the molecule is CCC(=O)NCC1CN(c2ccc(C3CCNC(=O)C3)c(F)c2)C(=O)O1. The lowest BCUT2D eigenvalue weighted by Crippen LogP contribution is -2.34. The summed E-state index contributed by atoms with van der Waals surface area (Å²) < 4.78 is 19.8. The fourth-order valence-corrected chi connectivity index (χ4v) is 3.26. The second kappa shape index (κ2) is 7.72. The van der Waals surface area contributed by atoms with Gasteiger partial charge in [0.2, 0.25) is 11.8 Å². The number of benzene rings is 1. The number of anilines is 1. The second-order valence-electron chi connectivity index (χ2n) is 6.52. The monoisotopic (exact) mass is 363 g/mol. The Balaban J connectivity index is 1.68. The Hall–Kier alpha value is -2.64. The van der Waals surface area contributed by atoms with Crippen LogP contribution >= 0.6 is 0 Å². The van der Waals surface area contributed by atoms with Gasteiger partial charge in [0.1, 0.15) is 11.9 Å². The van der Waals surface area contributed by atoms with Gasteiger partial charge in [-0.1, -0.05) is 13.0 Å². The van der Waals surface area contributed by atoms with E-state index in [-0.39, 0.29) is 37.2 Å². The molecule has 0 saturated carbocycles. The van der Waals surface area contributed by atoms with E-state index in [1.165, 1.54) is 11.0 Å². The predicted octanol–water partition coefficient (Wildman–Crippen LogP) is 1.67. The van der Waals surface area contributed by atoms with Crippen molar-refractivity contribution >= 4 is 23.6 Å². The van der Waals surface area contributed by atoms with Gasteiger partial charge in [0.05, 0.1) is 18.8 Å². The maximum Gasteiger partial charge on any atom is 0.414 e. The molecule has 2 unspecified atom stereocenters. The number of hydrogen-bond acceptors (Lipinski definition) is 4. The molecular weight excluding hydrogens is 341 g/mol. The van der Waals surface area contributed by atoms with Gasteiger partial charge in [0.15, 0.2) is 0 Å². The highest BCUT2D eigenvalue weighted by atomic mass is 19.1. The van der Waals surface area contributed by atoms with Crippen LogP contribution in [-0.2, 0) is 14.3 Å². The van der Waals surface area contributed by atoms with Crippen LogP contribution in [-0.4, -0.2) is 43.6 Å². The highest BCUT2D eigenvalue weighted by Crippen LogP contribution is 2.31. The van der Waals surface area contributed by atoms with Crippen LogP contribution in [0.15, 0.2) is 18.2 Å². The lowest BCUT2D eigenvalue weighted by atomic mass is 9.89. The van der Waals surface area contributed by atoms with Crippen LogP contribution in [0.5, 0.6) is 0 Å². The third-order valence-corrected chi connectivity index (χ3v) is 4.70. The van der Waals surface area contributed by atoms with Crippen LogP contribution < -0.4 is 15.5 Å². The largest absolute Gasteiger partial charge is 0.442 e. The number of amides is 3. The summed E-state index contributed by atoms with van der Waals surface area (Å²) in [6, 6.07) is 4.60. The topological polar surface area (TPSA) is 87.7 Å². The summed E-state index contributed by atoms with van der Waals surface area (Å²) in [6.45, 7) is 2.75. The van der Waals surface area contributed by atoms with Crippen LogP contribution in [0, 0.1) is 5.82 Å². The van der Waals surface area contributed by atoms with Gasteiger partial charge in [0.25, 0.3) is 0 Å². The Morgan fingerprint density at radius 1 is 1.42 bits per heavy atom. The summed E-state index contributed by atoms with van der Waals surface area (Å²) in [4.78, 5) is 36.2. The fourth-order valence-electron chi connectivity index (χ4n) is 3.26. The summed E-state index contributed by atoms with van der Waals surface area (Å²) in [5.74, 6) is -0.783. The van der Waals surface area contributed by atoms with Crippen molar-refractivity contribution in [1.82, 2.24) is 10.6 Å². The van der Waals surface area contributed by atoms with Gasteiger partial charge < -0.3 is 15.4 Å². The smallest absolute Gasteiger partial charge is 0.414 e. The molecule has 2 aliphatic heterocycles. The van der Waals surface area contributed by atoms with Crippen molar-refractivity contribution in [3.05, 3.63) is 29.6 Å². The molecule has 2 saturated heterocycles. The average molecular weight is 363 g/mol. The van der Waals surface area contributed by atoms with E-state index in [9.17, 15) is 18.8 Å². The quantitative estimate of drug-likeness (QED) is 0.833. The summed E-state index contributed by atoms with van der Waals surface area (Å²) in [7, 11) is 0. The first kappa shape index (κ1) is 18.2. The predicted molar refractivity (Wildman–Crippen MR) is 92.3 cm³/mol. The molecule has 8 heteroatoms. The summed E-state index contributed by atoms with van der Waals surface area (Å²) >= 11 is 0. The van der Waals surface area contributed by atoms with E-state index < -0.39 is 18.0 Å². The van der Waals surface area contributed by atoms with Gasteiger partial charge in [-0.2, -0.15) is 0 Å². The minimum atomic E-state index is -0.565. The highest BCUT2D eigenvalue weighted by Gasteiger charge is 2.33. The maximum atomic E-state index is 14.6. The normalized spacial score (nSPS) is 22.8. The van der Waals surface area contributed by atoms with Crippen molar-refractivity contribution in [1.29, 1.82) is 0 Å². The van der Waals surface area contributed by atoms with Crippen molar-refractivity contribution in [2.45, 2.75) is 38.2 Å². The number of ether oxygens (including phenoxy) is 1. The Kier molecular flexibility index (Phi) is 5.39. The van der Waals surface area contributed by atoms with Crippen molar-refractivity contribution in [3.63, 3.8) is 0 Å². The van der Waals surface area contributed by atoms with E-state index in [1.54, 1.807) is 19.1 Å². The number of carbonyl (C=O) groups is 3. The summed E-state index contributed by atoms with van der Waals surface area (Å²) in [5.41, 5.74) is 0.892. The third kappa shape index (κ3) is 3.95. The molecule has 0 aromatic heterocycles. The molecule has 3 amide bonds. The van der Waals surface area contributed by atoms with Crippen LogP contribution in [0.1, 0.15) is 37.7 Å². The first-order chi connectivity index (χ1) is 12.5. The van der Waals surface area contributed by atoms with E-state index in [2.05, 4.69) is 10.6 Å². The number of halogens is 1. The van der Waals surface area contributed by atoms with Gasteiger partial charge in [-0.05, 0) is 30.0 Å². The third-order valence-electron chi connectivity index (χ3n) is 4.70. The molecule has 0 bridgehead atoms. The zero-order valence-corrected chi connectivity index (χ0v) is 14.6. The van der Waals surface area contributed by atoms with Crippen LogP contribution in [0.25, 0.3) is 0 Å². The van der Waals surface area contributed by atoms with Gasteiger partial charge in [0, 0.05) is 19.4 Å². The molecule has 3 rings (SSSR count). The van der Waals surface area contributed by atoms with E-state index in [1.807, 2.05) is 0 Å². The molecule has 1 aromatic rings. The van der Waals surface area contributed by atoms with Gasteiger partial charge >= 0.3 is 6.09 Å². The van der Waals surface area contributed by atoms with Crippen LogP contribution in [0.4, 0.5) is 14.9 Å². The van der Waals surface area contributed by atoms with Gasteiger partial charge in [-0.15, -0.1) is 0 Å². The number of nitrogens with one attached hydrogen (secondary N) is 2. The van der Waals surface area contributed by atoms with Gasteiger partial charge in [-0.25, -0.2) is 9.18 Å².